The first-order chi connectivity index (χ1) is 6.56. The lowest BCUT2D eigenvalue weighted by Crippen LogP contribution is -2.15. The van der Waals surface area contributed by atoms with Gasteiger partial charge in [0.05, 0.1) is 11.4 Å². The summed E-state index contributed by atoms with van der Waals surface area (Å²) in [6, 6.07) is 0. The van der Waals surface area contributed by atoms with Gasteiger partial charge in [0.15, 0.2) is 0 Å². The number of aromatic amines is 1. The molecule has 1 rings (SSSR count). The van der Waals surface area contributed by atoms with Crippen molar-refractivity contribution in [1.29, 1.82) is 0 Å². The first-order valence-corrected chi connectivity index (χ1v) is 6.52. The molecule has 78 valence electrons. The summed E-state index contributed by atoms with van der Waals surface area (Å²) in [6.45, 7) is 4.05. The van der Waals surface area contributed by atoms with Crippen LogP contribution in [-0.2, 0) is 5.75 Å². The summed E-state index contributed by atoms with van der Waals surface area (Å²) in [5.41, 5.74) is 0.741. The summed E-state index contributed by atoms with van der Waals surface area (Å²) in [7, 11) is 0. The maximum Gasteiger partial charge on any atom is 0.265 e. The molecule has 5 heteroatoms. The van der Waals surface area contributed by atoms with E-state index in [-0.39, 0.29) is 11.5 Å². The molecule has 0 aromatic carbocycles. The molecule has 1 N–H and O–H groups in total. The average Bonchev–Trinajstić information content (AvgIpc) is 2.11. The molecule has 1 aromatic heterocycles. The van der Waals surface area contributed by atoms with Crippen molar-refractivity contribution in [2.45, 2.75) is 25.5 Å². The van der Waals surface area contributed by atoms with E-state index in [1.807, 2.05) is 20.1 Å². The molecule has 0 radical (unpaired) electrons. The van der Waals surface area contributed by atoms with Crippen molar-refractivity contribution in [3.8, 4) is 0 Å². The molecule has 0 bridgehead atoms. The number of nitrogens with zero attached hydrogens (tertiary/aromatic N) is 1. The second kappa shape index (κ2) is 4.98. The molecule has 0 atom stereocenters. The number of halogens is 1. The van der Waals surface area contributed by atoms with Crippen molar-refractivity contribution in [2.24, 2.45) is 0 Å². The summed E-state index contributed by atoms with van der Waals surface area (Å²) < 4.78 is 0.553. The standard InChI is InChI=1S/C9H13BrN2OS/c1-5(2)8-7(10)9(13)12-6(11-8)4-14-3/h5H,4H2,1-3H3,(H,11,12,13). The van der Waals surface area contributed by atoms with E-state index in [0.29, 0.717) is 4.47 Å². The molecule has 1 heterocycles. The Morgan fingerprint density at radius 1 is 1.57 bits per heavy atom. The smallest absolute Gasteiger partial charge is 0.265 e. The topological polar surface area (TPSA) is 45.8 Å². The van der Waals surface area contributed by atoms with Gasteiger partial charge in [0.25, 0.3) is 5.56 Å². The van der Waals surface area contributed by atoms with Crippen LogP contribution in [0.25, 0.3) is 0 Å². The van der Waals surface area contributed by atoms with Gasteiger partial charge in [-0.25, -0.2) is 4.98 Å². The SMILES string of the molecule is CSCc1nc(C(C)C)c(Br)c(=O)[nH]1. The van der Waals surface area contributed by atoms with Crippen LogP contribution < -0.4 is 5.56 Å². The van der Waals surface area contributed by atoms with Crippen LogP contribution in [0.15, 0.2) is 9.27 Å². The second-order valence-electron chi connectivity index (χ2n) is 3.30. The van der Waals surface area contributed by atoms with Crippen molar-refractivity contribution < 1.29 is 0 Å². The molecular formula is C9H13BrN2OS. The highest BCUT2D eigenvalue weighted by atomic mass is 79.9. The van der Waals surface area contributed by atoms with Crippen LogP contribution in [0.4, 0.5) is 0 Å². The third-order valence-corrected chi connectivity index (χ3v) is 3.09. The van der Waals surface area contributed by atoms with Gasteiger partial charge in [-0.15, -0.1) is 0 Å². The van der Waals surface area contributed by atoms with E-state index in [0.717, 1.165) is 17.3 Å². The summed E-state index contributed by atoms with van der Waals surface area (Å²) in [5, 5.41) is 0. The molecule has 0 amide bonds. The molecule has 0 unspecified atom stereocenters. The molecular weight excluding hydrogens is 264 g/mol. The fourth-order valence-electron chi connectivity index (χ4n) is 1.11. The van der Waals surface area contributed by atoms with Gasteiger partial charge in [0.1, 0.15) is 10.3 Å². The molecule has 0 spiro atoms. The van der Waals surface area contributed by atoms with E-state index in [4.69, 9.17) is 0 Å². The zero-order valence-electron chi connectivity index (χ0n) is 8.43. The number of H-pyrrole nitrogens is 1. The Balaban J connectivity index is 3.21. The van der Waals surface area contributed by atoms with Crippen molar-refractivity contribution in [1.82, 2.24) is 9.97 Å². The Labute approximate surface area is 95.8 Å². The minimum atomic E-state index is -0.0900. The van der Waals surface area contributed by atoms with E-state index < -0.39 is 0 Å². The highest BCUT2D eigenvalue weighted by Crippen LogP contribution is 2.19. The zero-order valence-corrected chi connectivity index (χ0v) is 10.8. The predicted molar refractivity (Wildman–Crippen MR) is 63.9 cm³/mol. The van der Waals surface area contributed by atoms with E-state index in [1.54, 1.807) is 11.8 Å². The van der Waals surface area contributed by atoms with Gasteiger partial charge in [-0.05, 0) is 28.1 Å². The highest BCUT2D eigenvalue weighted by molar-refractivity contribution is 9.10. The number of nitrogens with one attached hydrogen (secondary N) is 1. The highest BCUT2D eigenvalue weighted by Gasteiger charge is 2.11. The van der Waals surface area contributed by atoms with Gasteiger partial charge in [0.2, 0.25) is 0 Å². The Bertz CT molecular complexity index is 376. The van der Waals surface area contributed by atoms with Crippen molar-refractivity contribution in [3.05, 3.63) is 26.3 Å². The van der Waals surface area contributed by atoms with Crippen LogP contribution in [0.1, 0.15) is 31.3 Å². The first-order valence-electron chi connectivity index (χ1n) is 4.33. The lowest BCUT2D eigenvalue weighted by atomic mass is 10.1. The molecule has 1 aromatic rings. The Morgan fingerprint density at radius 3 is 2.71 bits per heavy atom. The maximum atomic E-state index is 11.5. The van der Waals surface area contributed by atoms with Gasteiger partial charge in [-0.2, -0.15) is 11.8 Å². The number of rotatable bonds is 3. The fraction of sp³-hybridized carbons (Fsp3) is 0.556. The normalized spacial score (nSPS) is 10.9. The Morgan fingerprint density at radius 2 is 2.21 bits per heavy atom. The largest absolute Gasteiger partial charge is 0.309 e. The molecule has 0 saturated heterocycles. The average molecular weight is 277 g/mol. The fourth-order valence-corrected chi connectivity index (χ4v) is 2.17. The van der Waals surface area contributed by atoms with Crippen LogP contribution in [0.5, 0.6) is 0 Å². The quantitative estimate of drug-likeness (QED) is 0.923. The second-order valence-corrected chi connectivity index (χ2v) is 4.96. The van der Waals surface area contributed by atoms with Gasteiger partial charge in [0, 0.05) is 0 Å². The molecule has 14 heavy (non-hydrogen) atoms. The third kappa shape index (κ3) is 2.60. The number of aromatic nitrogens is 2. The summed E-state index contributed by atoms with van der Waals surface area (Å²) in [6.07, 6.45) is 1.98. The lowest BCUT2D eigenvalue weighted by Gasteiger charge is -2.08. The van der Waals surface area contributed by atoms with Crippen LogP contribution in [0.2, 0.25) is 0 Å². The predicted octanol–water partition coefficient (Wildman–Crippen LogP) is 2.52. The van der Waals surface area contributed by atoms with Gasteiger partial charge >= 0.3 is 0 Å². The first kappa shape index (κ1) is 11.8. The zero-order chi connectivity index (χ0) is 10.7. The summed E-state index contributed by atoms with van der Waals surface area (Å²) in [5.74, 6) is 1.74. The minimum absolute atomic E-state index is 0.0900. The lowest BCUT2D eigenvalue weighted by molar-refractivity contribution is 0.784. The maximum absolute atomic E-state index is 11.5. The third-order valence-electron chi connectivity index (χ3n) is 1.77. The number of thioether (sulfide) groups is 1. The van der Waals surface area contributed by atoms with Crippen molar-refractivity contribution in [3.63, 3.8) is 0 Å². The van der Waals surface area contributed by atoms with Gasteiger partial charge in [-0.3, -0.25) is 4.79 Å². The molecule has 0 aliphatic rings. The molecule has 0 aliphatic heterocycles. The van der Waals surface area contributed by atoms with Gasteiger partial charge in [-0.1, -0.05) is 13.8 Å². The van der Waals surface area contributed by atoms with E-state index in [9.17, 15) is 4.79 Å². The van der Waals surface area contributed by atoms with Crippen LogP contribution in [0.3, 0.4) is 0 Å². The number of hydrogen-bond acceptors (Lipinski definition) is 3. The molecule has 0 saturated carbocycles. The van der Waals surface area contributed by atoms with E-state index in [2.05, 4.69) is 25.9 Å². The number of hydrogen-bond donors (Lipinski definition) is 1. The van der Waals surface area contributed by atoms with E-state index >= 15 is 0 Å². The molecule has 0 fully saturated rings. The molecule has 0 aliphatic carbocycles. The van der Waals surface area contributed by atoms with Crippen molar-refractivity contribution in [2.75, 3.05) is 6.26 Å². The minimum Gasteiger partial charge on any atom is -0.309 e. The van der Waals surface area contributed by atoms with Gasteiger partial charge < -0.3 is 4.98 Å². The monoisotopic (exact) mass is 276 g/mol. The Hall–Kier alpha value is -0.290. The summed E-state index contributed by atoms with van der Waals surface area (Å²) in [4.78, 5) is 18.6. The van der Waals surface area contributed by atoms with Crippen molar-refractivity contribution >= 4 is 27.7 Å². The van der Waals surface area contributed by atoms with Crippen LogP contribution in [0, 0.1) is 0 Å². The van der Waals surface area contributed by atoms with Crippen LogP contribution in [-0.4, -0.2) is 16.2 Å². The summed E-state index contributed by atoms with van der Waals surface area (Å²) >= 11 is 4.89. The molecule has 3 nitrogen and oxygen atoms in total. The van der Waals surface area contributed by atoms with E-state index in [1.165, 1.54) is 0 Å². The van der Waals surface area contributed by atoms with Crippen LogP contribution >= 0.6 is 27.7 Å². The Kier molecular flexibility index (Phi) is 4.19.